The van der Waals surface area contributed by atoms with E-state index in [1.54, 1.807) is 11.8 Å². The zero-order valence-corrected chi connectivity index (χ0v) is 10.5. The Morgan fingerprint density at radius 2 is 1.94 bits per heavy atom. The highest BCUT2D eigenvalue weighted by Crippen LogP contribution is 2.40. The van der Waals surface area contributed by atoms with Crippen LogP contribution in [0.2, 0.25) is 0 Å². The van der Waals surface area contributed by atoms with Crippen molar-refractivity contribution in [3.8, 4) is 0 Å². The first-order valence-electron chi connectivity index (χ1n) is 5.78. The van der Waals surface area contributed by atoms with Gasteiger partial charge in [-0.25, -0.2) is 0 Å². The maximum absolute atomic E-state index is 10.3. The predicted octanol–water partition coefficient (Wildman–Crippen LogP) is 3.74. The van der Waals surface area contributed by atoms with Crippen LogP contribution in [0.1, 0.15) is 22.8 Å². The summed E-state index contributed by atoms with van der Waals surface area (Å²) < 4.78 is 0. The molecule has 1 heterocycles. The van der Waals surface area contributed by atoms with Crippen molar-refractivity contribution in [3.05, 3.63) is 59.2 Å². The maximum Gasteiger partial charge on any atom is 0.0841 e. The molecule has 1 aliphatic rings. The van der Waals surface area contributed by atoms with Gasteiger partial charge in [0.2, 0.25) is 0 Å². The highest BCUT2D eigenvalue weighted by atomic mass is 32.2. The Kier molecular flexibility index (Phi) is 2.69. The van der Waals surface area contributed by atoms with Gasteiger partial charge in [0.1, 0.15) is 0 Å². The van der Waals surface area contributed by atoms with E-state index in [9.17, 15) is 5.11 Å². The Morgan fingerprint density at radius 3 is 2.82 bits per heavy atom. The molecule has 0 saturated heterocycles. The van der Waals surface area contributed by atoms with Crippen molar-refractivity contribution < 1.29 is 5.11 Å². The molecule has 1 aliphatic heterocycles. The third-order valence-electron chi connectivity index (χ3n) is 3.13. The standard InChI is InChI=1S/C15H14OS/c1-10-6-7-14-11(8-10)9-13(16)12-4-2-3-5-15(12)17-14/h2-8,13,16H,9H2,1H3/t13-/m1/s1. The van der Waals surface area contributed by atoms with Gasteiger partial charge in [0, 0.05) is 16.2 Å². The lowest BCUT2D eigenvalue weighted by molar-refractivity contribution is 0.175. The lowest BCUT2D eigenvalue weighted by Gasteiger charge is -2.10. The molecule has 0 aliphatic carbocycles. The van der Waals surface area contributed by atoms with E-state index >= 15 is 0 Å². The first-order valence-corrected chi connectivity index (χ1v) is 6.60. The molecule has 0 bridgehead atoms. The van der Waals surface area contributed by atoms with Crippen molar-refractivity contribution >= 4 is 11.8 Å². The predicted molar refractivity (Wildman–Crippen MR) is 70.4 cm³/mol. The van der Waals surface area contributed by atoms with E-state index in [1.165, 1.54) is 20.9 Å². The first kappa shape index (κ1) is 10.9. The van der Waals surface area contributed by atoms with Crippen LogP contribution in [-0.2, 0) is 6.42 Å². The molecule has 2 aromatic carbocycles. The number of aliphatic hydroxyl groups is 1. The SMILES string of the molecule is Cc1ccc2c(c1)C[C@@H](O)c1ccccc1S2. The van der Waals surface area contributed by atoms with Gasteiger partial charge in [0.25, 0.3) is 0 Å². The number of hydrogen-bond donors (Lipinski definition) is 1. The molecule has 1 N–H and O–H groups in total. The third-order valence-corrected chi connectivity index (χ3v) is 4.34. The first-order chi connectivity index (χ1) is 8.24. The van der Waals surface area contributed by atoms with Crippen molar-refractivity contribution in [1.29, 1.82) is 0 Å². The van der Waals surface area contributed by atoms with Gasteiger partial charge in [0.05, 0.1) is 6.10 Å². The quantitative estimate of drug-likeness (QED) is 0.759. The van der Waals surface area contributed by atoms with Crippen molar-refractivity contribution in [2.45, 2.75) is 29.2 Å². The molecule has 0 fully saturated rings. The van der Waals surface area contributed by atoms with Crippen LogP contribution in [0, 0.1) is 6.92 Å². The minimum absolute atomic E-state index is 0.387. The van der Waals surface area contributed by atoms with E-state index in [0.717, 1.165) is 5.56 Å². The molecule has 0 radical (unpaired) electrons. The largest absolute Gasteiger partial charge is 0.388 e. The second kappa shape index (κ2) is 4.21. The Labute approximate surface area is 105 Å². The summed E-state index contributed by atoms with van der Waals surface area (Å²) in [5, 5.41) is 10.3. The van der Waals surface area contributed by atoms with E-state index in [4.69, 9.17) is 0 Å². The summed E-state index contributed by atoms with van der Waals surface area (Å²) >= 11 is 1.76. The summed E-state index contributed by atoms with van der Waals surface area (Å²) in [4.78, 5) is 2.43. The average molecular weight is 242 g/mol. The zero-order valence-electron chi connectivity index (χ0n) is 9.68. The number of hydrogen-bond acceptors (Lipinski definition) is 2. The minimum Gasteiger partial charge on any atom is -0.388 e. The molecule has 2 heteroatoms. The summed E-state index contributed by atoms with van der Waals surface area (Å²) in [6, 6.07) is 14.6. The zero-order chi connectivity index (χ0) is 11.8. The fraction of sp³-hybridized carbons (Fsp3) is 0.200. The summed E-state index contributed by atoms with van der Waals surface area (Å²) in [5.41, 5.74) is 3.55. The molecule has 0 unspecified atom stereocenters. The molecule has 0 amide bonds. The fourth-order valence-corrected chi connectivity index (χ4v) is 3.37. The molecule has 2 aromatic rings. The second-order valence-corrected chi connectivity index (χ2v) is 5.55. The summed E-state index contributed by atoms with van der Waals surface area (Å²) in [6.45, 7) is 2.09. The molecule has 0 spiro atoms. The monoisotopic (exact) mass is 242 g/mol. The Balaban J connectivity index is 2.13. The van der Waals surface area contributed by atoms with Crippen molar-refractivity contribution in [1.82, 2.24) is 0 Å². The normalized spacial score (nSPS) is 18.1. The van der Waals surface area contributed by atoms with Crippen LogP contribution in [0.3, 0.4) is 0 Å². The number of aryl methyl sites for hydroxylation is 1. The number of rotatable bonds is 0. The lowest BCUT2D eigenvalue weighted by Crippen LogP contribution is -2.01. The summed E-state index contributed by atoms with van der Waals surface area (Å²) in [6.07, 6.45) is 0.322. The molecule has 17 heavy (non-hydrogen) atoms. The molecular weight excluding hydrogens is 228 g/mol. The van der Waals surface area contributed by atoms with Gasteiger partial charge in [-0.1, -0.05) is 47.7 Å². The van der Waals surface area contributed by atoms with Crippen molar-refractivity contribution in [3.63, 3.8) is 0 Å². The van der Waals surface area contributed by atoms with Gasteiger partial charge in [-0.05, 0) is 30.2 Å². The number of fused-ring (bicyclic) bond motifs is 2. The molecule has 1 nitrogen and oxygen atoms in total. The average Bonchev–Trinajstić information content (AvgIpc) is 2.46. The van der Waals surface area contributed by atoms with Gasteiger partial charge in [-0.2, -0.15) is 0 Å². The summed E-state index contributed by atoms with van der Waals surface area (Å²) in [7, 11) is 0. The fourth-order valence-electron chi connectivity index (χ4n) is 2.25. The number of aliphatic hydroxyl groups excluding tert-OH is 1. The van der Waals surface area contributed by atoms with Crippen LogP contribution in [-0.4, -0.2) is 5.11 Å². The molecule has 0 aromatic heterocycles. The second-order valence-electron chi connectivity index (χ2n) is 4.47. The van der Waals surface area contributed by atoms with Crippen LogP contribution in [0.15, 0.2) is 52.3 Å². The molecule has 1 atom stereocenters. The topological polar surface area (TPSA) is 20.2 Å². The molecule has 86 valence electrons. The van der Waals surface area contributed by atoms with Crippen LogP contribution in [0.5, 0.6) is 0 Å². The lowest BCUT2D eigenvalue weighted by atomic mass is 10.0. The molecular formula is C15H14OS. The Hall–Kier alpha value is -1.25. The van der Waals surface area contributed by atoms with Crippen LogP contribution >= 0.6 is 11.8 Å². The summed E-state index contributed by atoms with van der Waals surface area (Å²) in [5.74, 6) is 0. The Morgan fingerprint density at radius 1 is 1.12 bits per heavy atom. The van der Waals surface area contributed by atoms with Crippen molar-refractivity contribution in [2.75, 3.05) is 0 Å². The van der Waals surface area contributed by atoms with Gasteiger partial charge in [-0.15, -0.1) is 0 Å². The van der Waals surface area contributed by atoms with E-state index in [1.807, 2.05) is 18.2 Å². The molecule has 0 saturated carbocycles. The van der Waals surface area contributed by atoms with Crippen LogP contribution in [0.4, 0.5) is 0 Å². The minimum atomic E-state index is -0.387. The Bertz CT molecular complexity index is 563. The van der Waals surface area contributed by atoms with Gasteiger partial charge in [0.15, 0.2) is 0 Å². The van der Waals surface area contributed by atoms with Crippen molar-refractivity contribution in [2.24, 2.45) is 0 Å². The van der Waals surface area contributed by atoms with E-state index in [0.29, 0.717) is 6.42 Å². The maximum atomic E-state index is 10.3. The highest BCUT2D eigenvalue weighted by Gasteiger charge is 2.20. The number of benzene rings is 2. The third kappa shape index (κ3) is 1.99. The van der Waals surface area contributed by atoms with Gasteiger partial charge in [-0.3, -0.25) is 0 Å². The van der Waals surface area contributed by atoms with Crippen LogP contribution in [0.25, 0.3) is 0 Å². The highest BCUT2D eigenvalue weighted by molar-refractivity contribution is 7.99. The van der Waals surface area contributed by atoms with Gasteiger partial charge < -0.3 is 5.11 Å². The van der Waals surface area contributed by atoms with E-state index < -0.39 is 0 Å². The van der Waals surface area contributed by atoms with Gasteiger partial charge >= 0.3 is 0 Å². The smallest absolute Gasteiger partial charge is 0.0841 e. The van der Waals surface area contributed by atoms with E-state index in [2.05, 4.69) is 31.2 Å². The van der Waals surface area contributed by atoms with Crippen LogP contribution < -0.4 is 0 Å². The molecule has 3 rings (SSSR count). The van der Waals surface area contributed by atoms with E-state index in [-0.39, 0.29) is 6.10 Å².